The minimum atomic E-state index is -0.446. The van der Waals surface area contributed by atoms with E-state index in [1.165, 1.54) is 16.7 Å². The average molecular weight is 330 g/mol. The van der Waals surface area contributed by atoms with Crippen LogP contribution in [0.15, 0.2) is 33.5 Å². The van der Waals surface area contributed by atoms with Crippen LogP contribution in [0, 0.1) is 5.82 Å². The Bertz CT molecular complexity index is 642. The topological polar surface area (TPSA) is 51.5 Å². The van der Waals surface area contributed by atoms with E-state index in [1.54, 1.807) is 12.1 Å². The van der Waals surface area contributed by atoms with Crippen LogP contribution in [0.25, 0.3) is 10.9 Å². The smallest absolute Gasteiger partial charge is 0.251 e. The van der Waals surface area contributed by atoms with Gasteiger partial charge in [-0.15, -0.1) is 0 Å². The first-order chi connectivity index (χ1) is 9.15. The Balaban J connectivity index is 2.44. The SMILES string of the molecule is O=c1ccc2c(Br)ccc(F)c2n1CCOCCO. The van der Waals surface area contributed by atoms with Gasteiger partial charge in [-0.1, -0.05) is 15.9 Å². The quantitative estimate of drug-likeness (QED) is 0.852. The summed E-state index contributed by atoms with van der Waals surface area (Å²) in [6.07, 6.45) is 0. The van der Waals surface area contributed by atoms with Gasteiger partial charge >= 0.3 is 0 Å². The molecule has 19 heavy (non-hydrogen) atoms. The van der Waals surface area contributed by atoms with Crippen molar-refractivity contribution >= 4 is 26.8 Å². The van der Waals surface area contributed by atoms with Gasteiger partial charge in [-0.05, 0) is 18.2 Å². The maximum absolute atomic E-state index is 13.9. The van der Waals surface area contributed by atoms with Crippen molar-refractivity contribution in [3.05, 3.63) is 44.9 Å². The maximum atomic E-state index is 13.9. The Morgan fingerprint density at radius 3 is 2.79 bits per heavy atom. The lowest BCUT2D eigenvalue weighted by Crippen LogP contribution is -2.23. The summed E-state index contributed by atoms with van der Waals surface area (Å²) in [5.74, 6) is -0.446. The number of fused-ring (bicyclic) bond motifs is 1. The van der Waals surface area contributed by atoms with Crippen LogP contribution in [-0.4, -0.2) is 29.5 Å². The van der Waals surface area contributed by atoms with E-state index in [1.807, 2.05) is 0 Å². The van der Waals surface area contributed by atoms with Gasteiger partial charge in [0.15, 0.2) is 0 Å². The number of rotatable bonds is 5. The third-order valence-electron chi connectivity index (χ3n) is 2.74. The molecule has 1 N–H and O–H groups in total. The zero-order valence-corrected chi connectivity index (χ0v) is 11.7. The van der Waals surface area contributed by atoms with Crippen LogP contribution >= 0.6 is 15.9 Å². The van der Waals surface area contributed by atoms with Crippen LogP contribution in [0.5, 0.6) is 0 Å². The molecule has 2 aromatic rings. The molecule has 1 heterocycles. The molecular formula is C13H13BrFNO3. The van der Waals surface area contributed by atoms with Crippen molar-refractivity contribution in [3.63, 3.8) is 0 Å². The molecule has 0 saturated heterocycles. The molecule has 0 radical (unpaired) electrons. The van der Waals surface area contributed by atoms with Gasteiger partial charge in [-0.3, -0.25) is 4.79 Å². The van der Waals surface area contributed by atoms with Gasteiger partial charge < -0.3 is 14.4 Å². The summed E-state index contributed by atoms with van der Waals surface area (Å²) in [6.45, 7) is 0.602. The number of hydrogen-bond acceptors (Lipinski definition) is 3. The predicted octanol–water partition coefficient (Wildman–Crippen LogP) is 1.91. The first kappa shape index (κ1) is 14.2. The molecule has 0 atom stereocenters. The van der Waals surface area contributed by atoms with Gasteiger partial charge in [0.05, 0.1) is 25.3 Å². The zero-order chi connectivity index (χ0) is 13.8. The Hall–Kier alpha value is -1.24. The van der Waals surface area contributed by atoms with Crippen LogP contribution in [0.3, 0.4) is 0 Å². The number of aliphatic hydroxyl groups is 1. The number of pyridine rings is 1. The van der Waals surface area contributed by atoms with Crippen LogP contribution in [0.4, 0.5) is 4.39 Å². The van der Waals surface area contributed by atoms with Crippen molar-refractivity contribution in [2.75, 3.05) is 19.8 Å². The molecule has 1 aromatic heterocycles. The molecule has 0 fully saturated rings. The minimum Gasteiger partial charge on any atom is -0.394 e. The van der Waals surface area contributed by atoms with Crippen molar-refractivity contribution in [2.45, 2.75) is 6.54 Å². The highest BCUT2D eigenvalue weighted by molar-refractivity contribution is 9.10. The van der Waals surface area contributed by atoms with Crippen molar-refractivity contribution in [2.24, 2.45) is 0 Å². The van der Waals surface area contributed by atoms with Crippen molar-refractivity contribution in [3.8, 4) is 0 Å². The molecule has 0 aliphatic rings. The van der Waals surface area contributed by atoms with E-state index in [0.717, 1.165) is 4.47 Å². The molecule has 6 heteroatoms. The van der Waals surface area contributed by atoms with Crippen molar-refractivity contribution in [1.82, 2.24) is 4.57 Å². The van der Waals surface area contributed by atoms with E-state index < -0.39 is 5.82 Å². The molecule has 2 rings (SSSR count). The van der Waals surface area contributed by atoms with Crippen molar-refractivity contribution in [1.29, 1.82) is 0 Å². The number of aromatic nitrogens is 1. The van der Waals surface area contributed by atoms with E-state index in [9.17, 15) is 9.18 Å². The van der Waals surface area contributed by atoms with E-state index in [-0.39, 0.29) is 37.4 Å². The van der Waals surface area contributed by atoms with Gasteiger partial charge in [0, 0.05) is 22.5 Å². The molecule has 0 unspecified atom stereocenters. The second kappa shape index (κ2) is 6.27. The standard InChI is InChI=1S/C13H13BrFNO3/c14-10-2-3-11(15)13-9(10)1-4-12(18)16(13)5-7-19-8-6-17/h1-4,17H,5-8H2. The van der Waals surface area contributed by atoms with Crippen molar-refractivity contribution < 1.29 is 14.2 Å². The largest absolute Gasteiger partial charge is 0.394 e. The number of ether oxygens (including phenoxy) is 1. The first-order valence-corrected chi connectivity index (χ1v) is 6.60. The van der Waals surface area contributed by atoms with E-state index >= 15 is 0 Å². The van der Waals surface area contributed by atoms with Gasteiger partial charge in [-0.2, -0.15) is 0 Å². The van der Waals surface area contributed by atoms with Gasteiger partial charge in [0.2, 0.25) is 0 Å². The highest BCUT2D eigenvalue weighted by Gasteiger charge is 2.10. The normalized spacial score (nSPS) is 11.1. The molecule has 0 aliphatic carbocycles. The zero-order valence-electron chi connectivity index (χ0n) is 10.1. The Morgan fingerprint density at radius 1 is 1.26 bits per heavy atom. The molecule has 0 bridgehead atoms. The number of hydrogen-bond donors (Lipinski definition) is 1. The minimum absolute atomic E-state index is 0.0790. The number of benzene rings is 1. The molecule has 102 valence electrons. The average Bonchev–Trinajstić information content (AvgIpc) is 2.40. The summed E-state index contributed by atoms with van der Waals surface area (Å²) >= 11 is 3.34. The number of aliphatic hydroxyl groups excluding tert-OH is 1. The molecule has 0 spiro atoms. The lowest BCUT2D eigenvalue weighted by molar-refractivity contribution is 0.0870. The fourth-order valence-corrected chi connectivity index (χ4v) is 2.34. The van der Waals surface area contributed by atoms with Gasteiger partial charge in [0.1, 0.15) is 5.82 Å². The van der Waals surface area contributed by atoms with Gasteiger partial charge in [0.25, 0.3) is 5.56 Å². The van der Waals surface area contributed by atoms with E-state index in [4.69, 9.17) is 9.84 Å². The monoisotopic (exact) mass is 329 g/mol. The van der Waals surface area contributed by atoms with Crippen LogP contribution in [-0.2, 0) is 11.3 Å². The summed E-state index contributed by atoms with van der Waals surface area (Å²) in [4.78, 5) is 11.8. The Labute approximate surface area is 117 Å². The molecule has 0 aliphatic heterocycles. The second-order valence-electron chi connectivity index (χ2n) is 3.95. The van der Waals surface area contributed by atoms with Crippen LogP contribution < -0.4 is 5.56 Å². The predicted molar refractivity (Wildman–Crippen MR) is 73.8 cm³/mol. The van der Waals surface area contributed by atoms with Crippen LogP contribution in [0.2, 0.25) is 0 Å². The van der Waals surface area contributed by atoms with E-state index in [0.29, 0.717) is 5.39 Å². The summed E-state index contributed by atoms with van der Waals surface area (Å²) in [6, 6.07) is 5.92. The number of nitrogens with zero attached hydrogens (tertiary/aromatic N) is 1. The Morgan fingerprint density at radius 2 is 2.05 bits per heavy atom. The molecule has 1 aromatic carbocycles. The molecule has 0 amide bonds. The lowest BCUT2D eigenvalue weighted by atomic mass is 10.2. The molecule has 4 nitrogen and oxygen atoms in total. The fourth-order valence-electron chi connectivity index (χ4n) is 1.89. The highest BCUT2D eigenvalue weighted by Crippen LogP contribution is 2.24. The third-order valence-corrected chi connectivity index (χ3v) is 3.43. The summed E-state index contributed by atoms with van der Waals surface area (Å²) in [5.41, 5.74) is -0.0217. The summed E-state index contributed by atoms with van der Waals surface area (Å²) < 4.78 is 21.1. The molecular weight excluding hydrogens is 317 g/mol. The lowest BCUT2D eigenvalue weighted by Gasteiger charge is -2.11. The van der Waals surface area contributed by atoms with E-state index in [2.05, 4.69) is 15.9 Å². The van der Waals surface area contributed by atoms with Gasteiger partial charge in [-0.25, -0.2) is 4.39 Å². The summed E-state index contributed by atoms with van der Waals surface area (Å²) in [7, 11) is 0. The molecule has 0 saturated carbocycles. The fraction of sp³-hybridized carbons (Fsp3) is 0.308. The maximum Gasteiger partial charge on any atom is 0.251 e. The third kappa shape index (κ3) is 3.02. The van der Waals surface area contributed by atoms with Crippen LogP contribution in [0.1, 0.15) is 0 Å². The first-order valence-electron chi connectivity index (χ1n) is 5.81. The Kier molecular flexibility index (Phi) is 4.68. The highest BCUT2D eigenvalue weighted by atomic mass is 79.9. The second-order valence-corrected chi connectivity index (χ2v) is 4.81. The number of halogens is 2. The summed E-state index contributed by atoms with van der Waals surface area (Å²) in [5, 5.41) is 9.25.